The van der Waals surface area contributed by atoms with Crippen molar-refractivity contribution in [2.24, 2.45) is 5.92 Å². The second-order valence-electron chi connectivity index (χ2n) is 5.80. The highest BCUT2D eigenvalue weighted by atomic mass is 35.5. The maximum Gasteiger partial charge on any atom is 0.166 e. The van der Waals surface area contributed by atoms with Crippen LogP contribution >= 0.6 is 12.4 Å². The van der Waals surface area contributed by atoms with Crippen molar-refractivity contribution < 1.29 is 17.6 Å². The van der Waals surface area contributed by atoms with Crippen molar-refractivity contribution in [3.8, 4) is 0 Å². The average Bonchev–Trinajstić information content (AvgIpc) is 2.43. The van der Waals surface area contributed by atoms with Crippen molar-refractivity contribution in [2.45, 2.75) is 25.3 Å². The van der Waals surface area contributed by atoms with Gasteiger partial charge in [0.25, 0.3) is 0 Å². The first kappa shape index (κ1) is 17.5. The number of benzene rings is 1. The van der Waals surface area contributed by atoms with Gasteiger partial charge in [0, 0.05) is 43.9 Å². The van der Waals surface area contributed by atoms with Gasteiger partial charge in [0.05, 0.1) is 0 Å². The number of hydrogen-bond donors (Lipinski definition) is 1. The minimum Gasteiger partial charge on any atom is -0.314 e. The highest BCUT2D eigenvalue weighted by molar-refractivity contribution is 5.85. The zero-order chi connectivity index (χ0) is 15.0. The van der Waals surface area contributed by atoms with Crippen molar-refractivity contribution in [2.75, 3.05) is 26.2 Å². The molecule has 2 fully saturated rings. The number of rotatable bonds is 3. The predicted molar refractivity (Wildman–Crippen MR) is 78.0 cm³/mol. The lowest BCUT2D eigenvalue weighted by atomic mass is 9.76. The molecule has 7 heteroatoms. The minimum absolute atomic E-state index is 0. The van der Waals surface area contributed by atoms with E-state index in [0.717, 1.165) is 19.3 Å². The van der Waals surface area contributed by atoms with E-state index in [1.165, 1.54) is 0 Å². The average molecular weight is 339 g/mol. The molecule has 124 valence electrons. The van der Waals surface area contributed by atoms with Crippen molar-refractivity contribution in [3.05, 3.63) is 34.9 Å². The Morgan fingerprint density at radius 1 is 1.00 bits per heavy atom. The minimum atomic E-state index is -1.32. The molecule has 0 radical (unpaired) electrons. The molecule has 1 N–H and O–H groups in total. The number of hydrogen-bond acceptors (Lipinski definition) is 2. The molecule has 1 saturated heterocycles. The van der Waals surface area contributed by atoms with E-state index in [1.54, 1.807) is 0 Å². The van der Waals surface area contributed by atoms with Crippen LogP contribution in [0.25, 0.3) is 0 Å². The molecule has 0 bridgehead atoms. The van der Waals surface area contributed by atoms with Crippen LogP contribution in [0.15, 0.2) is 6.07 Å². The van der Waals surface area contributed by atoms with Crippen LogP contribution in [0.4, 0.5) is 17.6 Å². The van der Waals surface area contributed by atoms with Gasteiger partial charge in [-0.05, 0) is 18.8 Å². The summed E-state index contributed by atoms with van der Waals surface area (Å²) in [7, 11) is 0. The number of piperazine rings is 1. The van der Waals surface area contributed by atoms with E-state index >= 15 is 0 Å². The van der Waals surface area contributed by atoms with E-state index in [0.29, 0.717) is 26.2 Å². The third kappa shape index (κ3) is 3.09. The van der Waals surface area contributed by atoms with Crippen molar-refractivity contribution in [1.82, 2.24) is 10.2 Å². The summed E-state index contributed by atoms with van der Waals surface area (Å²) in [6.45, 7) is 2.67. The largest absolute Gasteiger partial charge is 0.314 e. The maximum absolute atomic E-state index is 14.1. The van der Waals surface area contributed by atoms with Crippen LogP contribution in [0.3, 0.4) is 0 Å². The molecular formula is C15H19ClF4N2. The second kappa shape index (κ2) is 7.15. The molecule has 0 spiro atoms. The molecule has 1 aromatic carbocycles. The molecule has 1 aliphatic heterocycles. The molecule has 1 atom stereocenters. The SMILES string of the molecule is Cl.Fc1cc(F)c(F)c([C@@H](C2CCC2)N2CCNCC2)c1F. The molecule has 3 rings (SSSR count). The van der Waals surface area contributed by atoms with Crippen LogP contribution in [0.5, 0.6) is 0 Å². The van der Waals surface area contributed by atoms with Crippen LogP contribution in [0.1, 0.15) is 30.9 Å². The predicted octanol–water partition coefficient (Wildman–Crippen LogP) is 3.41. The van der Waals surface area contributed by atoms with Gasteiger partial charge >= 0.3 is 0 Å². The van der Waals surface area contributed by atoms with E-state index < -0.39 is 34.9 Å². The molecule has 2 aliphatic rings. The summed E-state index contributed by atoms with van der Waals surface area (Å²) in [5.41, 5.74) is -0.431. The molecule has 2 nitrogen and oxygen atoms in total. The normalized spacial score (nSPS) is 21.1. The standard InChI is InChI=1S/C15H18F4N2.ClH/c16-10-8-11(17)14(19)12(13(10)18)15(9-2-1-3-9)21-6-4-20-5-7-21;/h8-9,15,20H,1-7H2;1H/t15-;/m1./s1. The summed E-state index contributed by atoms with van der Waals surface area (Å²) in [5.74, 6) is -5.06. The van der Waals surface area contributed by atoms with Gasteiger partial charge in [-0.1, -0.05) is 6.42 Å². The first-order chi connectivity index (χ1) is 10.1. The summed E-state index contributed by atoms with van der Waals surface area (Å²) in [5, 5.41) is 3.17. The van der Waals surface area contributed by atoms with Gasteiger partial charge in [0.1, 0.15) is 0 Å². The lowest BCUT2D eigenvalue weighted by Crippen LogP contribution is -2.48. The first-order valence-corrected chi connectivity index (χ1v) is 7.37. The Morgan fingerprint density at radius 3 is 2.00 bits per heavy atom. The highest BCUT2D eigenvalue weighted by Gasteiger charge is 2.38. The fourth-order valence-electron chi connectivity index (χ4n) is 3.28. The molecule has 0 unspecified atom stereocenters. The van der Waals surface area contributed by atoms with E-state index in [2.05, 4.69) is 5.32 Å². The summed E-state index contributed by atoms with van der Waals surface area (Å²) < 4.78 is 55.3. The molecule has 0 amide bonds. The second-order valence-corrected chi connectivity index (χ2v) is 5.80. The fourth-order valence-corrected chi connectivity index (χ4v) is 3.28. The lowest BCUT2D eigenvalue weighted by Gasteiger charge is -2.43. The Balaban J connectivity index is 0.00000176. The van der Waals surface area contributed by atoms with E-state index in [4.69, 9.17) is 0 Å². The quantitative estimate of drug-likeness (QED) is 0.671. The van der Waals surface area contributed by atoms with Gasteiger partial charge in [0.15, 0.2) is 23.3 Å². The highest BCUT2D eigenvalue weighted by Crippen LogP contribution is 2.43. The van der Waals surface area contributed by atoms with Gasteiger partial charge in [-0.3, -0.25) is 4.90 Å². The Morgan fingerprint density at radius 2 is 1.55 bits per heavy atom. The van der Waals surface area contributed by atoms with Crippen molar-refractivity contribution in [3.63, 3.8) is 0 Å². The summed E-state index contributed by atoms with van der Waals surface area (Å²) >= 11 is 0. The topological polar surface area (TPSA) is 15.3 Å². The Labute approximate surface area is 133 Å². The van der Waals surface area contributed by atoms with Gasteiger partial charge in [0.2, 0.25) is 0 Å². The van der Waals surface area contributed by atoms with Crippen LogP contribution < -0.4 is 5.32 Å². The number of halogens is 5. The smallest absolute Gasteiger partial charge is 0.166 e. The van der Waals surface area contributed by atoms with Gasteiger partial charge in [-0.25, -0.2) is 17.6 Å². The van der Waals surface area contributed by atoms with E-state index in [-0.39, 0.29) is 24.4 Å². The molecule has 1 saturated carbocycles. The molecule has 1 aliphatic carbocycles. The van der Waals surface area contributed by atoms with E-state index in [1.807, 2.05) is 4.90 Å². The van der Waals surface area contributed by atoms with Crippen LogP contribution in [-0.4, -0.2) is 31.1 Å². The van der Waals surface area contributed by atoms with Crippen LogP contribution in [0.2, 0.25) is 0 Å². The zero-order valence-electron chi connectivity index (χ0n) is 12.0. The Kier molecular flexibility index (Phi) is 5.69. The summed E-state index contributed by atoms with van der Waals surface area (Å²) in [6, 6.07) is -0.296. The van der Waals surface area contributed by atoms with E-state index in [9.17, 15) is 17.6 Å². The molecule has 22 heavy (non-hydrogen) atoms. The molecular weight excluding hydrogens is 320 g/mol. The zero-order valence-corrected chi connectivity index (χ0v) is 12.9. The third-order valence-corrected chi connectivity index (χ3v) is 4.58. The molecule has 0 aromatic heterocycles. The van der Waals surface area contributed by atoms with Gasteiger partial charge < -0.3 is 5.32 Å². The maximum atomic E-state index is 14.1. The van der Waals surface area contributed by atoms with Gasteiger partial charge in [-0.15, -0.1) is 12.4 Å². The number of nitrogens with one attached hydrogen (secondary N) is 1. The Bertz CT molecular complexity index is 505. The van der Waals surface area contributed by atoms with Crippen molar-refractivity contribution in [1.29, 1.82) is 0 Å². The monoisotopic (exact) mass is 338 g/mol. The number of nitrogens with zero attached hydrogens (tertiary/aromatic N) is 1. The lowest BCUT2D eigenvalue weighted by molar-refractivity contribution is 0.0772. The van der Waals surface area contributed by atoms with Crippen LogP contribution in [-0.2, 0) is 0 Å². The first-order valence-electron chi connectivity index (χ1n) is 7.37. The van der Waals surface area contributed by atoms with Gasteiger partial charge in [-0.2, -0.15) is 0 Å². The third-order valence-electron chi connectivity index (χ3n) is 4.58. The fraction of sp³-hybridized carbons (Fsp3) is 0.600. The summed E-state index contributed by atoms with van der Waals surface area (Å²) in [6.07, 6.45) is 2.67. The molecule has 1 aromatic rings. The van der Waals surface area contributed by atoms with Crippen molar-refractivity contribution >= 4 is 12.4 Å². The summed E-state index contributed by atoms with van der Waals surface area (Å²) in [4.78, 5) is 1.95. The van der Waals surface area contributed by atoms with Crippen LogP contribution in [0, 0.1) is 29.2 Å². The molecule has 1 heterocycles. The Hall–Kier alpha value is -0.850.